The first-order valence-corrected chi connectivity index (χ1v) is 8.81. The lowest BCUT2D eigenvalue weighted by Crippen LogP contribution is -2.30. The maximum Gasteiger partial charge on any atom is 0.273 e. The molecule has 132 valence electrons. The van der Waals surface area contributed by atoms with Crippen LogP contribution in [0.25, 0.3) is 10.8 Å². The van der Waals surface area contributed by atoms with Crippen LogP contribution in [0.2, 0.25) is 0 Å². The van der Waals surface area contributed by atoms with Gasteiger partial charge in [0, 0.05) is 55.5 Å². The molecule has 5 heteroatoms. The Balaban J connectivity index is 1.64. The normalized spacial score (nSPS) is 19.8. The highest BCUT2D eigenvalue weighted by Crippen LogP contribution is 2.33. The fraction of sp³-hybridized carbons (Fsp3) is 0.286. The standard InChI is InChI=1S/C21H21N3O2/c1-26-14-16-12-24(13-18(16)19-8-4-5-10-22-19)21(25)20-17-7-3-2-6-15(17)9-11-23-20/h2-11,16,18H,12-14H2,1H3/t16-,18+/m0/s1. The van der Waals surface area contributed by atoms with Gasteiger partial charge in [-0.15, -0.1) is 0 Å². The number of ether oxygens (including phenoxy) is 1. The average molecular weight is 347 g/mol. The molecule has 1 amide bonds. The Kier molecular flexibility index (Phi) is 4.63. The van der Waals surface area contributed by atoms with E-state index in [1.54, 1.807) is 19.5 Å². The zero-order chi connectivity index (χ0) is 17.9. The van der Waals surface area contributed by atoms with Crippen molar-refractivity contribution in [1.29, 1.82) is 0 Å². The summed E-state index contributed by atoms with van der Waals surface area (Å²) in [5.41, 5.74) is 1.52. The van der Waals surface area contributed by atoms with Gasteiger partial charge < -0.3 is 9.64 Å². The van der Waals surface area contributed by atoms with Crippen LogP contribution < -0.4 is 0 Å². The number of fused-ring (bicyclic) bond motifs is 1. The number of carbonyl (C=O) groups excluding carboxylic acids is 1. The maximum absolute atomic E-state index is 13.2. The van der Waals surface area contributed by atoms with Gasteiger partial charge >= 0.3 is 0 Å². The molecule has 1 aromatic carbocycles. The van der Waals surface area contributed by atoms with E-state index in [-0.39, 0.29) is 17.7 Å². The number of hydrogen-bond donors (Lipinski definition) is 0. The molecular formula is C21H21N3O2. The third-order valence-corrected chi connectivity index (χ3v) is 5.05. The van der Waals surface area contributed by atoms with E-state index in [1.165, 1.54) is 0 Å². The summed E-state index contributed by atoms with van der Waals surface area (Å²) in [5, 5.41) is 1.92. The number of carbonyl (C=O) groups is 1. The summed E-state index contributed by atoms with van der Waals surface area (Å²) < 4.78 is 5.40. The van der Waals surface area contributed by atoms with E-state index in [1.807, 2.05) is 53.4 Å². The number of methoxy groups -OCH3 is 1. The fourth-order valence-electron chi connectivity index (χ4n) is 3.79. The number of amides is 1. The molecule has 26 heavy (non-hydrogen) atoms. The molecule has 0 radical (unpaired) electrons. The SMILES string of the molecule is COC[C@@H]1CN(C(=O)c2nccc3ccccc23)C[C@H]1c1ccccn1. The van der Waals surface area contributed by atoms with Gasteiger partial charge in [-0.05, 0) is 23.6 Å². The molecule has 0 spiro atoms. The van der Waals surface area contributed by atoms with Gasteiger partial charge in [-0.25, -0.2) is 0 Å². The summed E-state index contributed by atoms with van der Waals surface area (Å²) in [6, 6.07) is 15.7. The zero-order valence-corrected chi connectivity index (χ0v) is 14.7. The second kappa shape index (κ2) is 7.22. The molecule has 0 bridgehead atoms. The molecule has 4 rings (SSSR count). The van der Waals surface area contributed by atoms with Crippen molar-refractivity contribution in [3.05, 3.63) is 72.3 Å². The fourth-order valence-corrected chi connectivity index (χ4v) is 3.79. The van der Waals surface area contributed by atoms with Crippen molar-refractivity contribution in [3.63, 3.8) is 0 Å². The third-order valence-electron chi connectivity index (χ3n) is 5.05. The van der Waals surface area contributed by atoms with Gasteiger partial charge in [0.1, 0.15) is 5.69 Å². The van der Waals surface area contributed by atoms with Crippen molar-refractivity contribution in [2.24, 2.45) is 5.92 Å². The molecule has 0 aliphatic carbocycles. The summed E-state index contributed by atoms with van der Waals surface area (Å²) >= 11 is 0. The van der Waals surface area contributed by atoms with E-state index in [0.717, 1.165) is 16.5 Å². The van der Waals surface area contributed by atoms with Gasteiger partial charge in [0.05, 0.1) is 6.61 Å². The summed E-state index contributed by atoms with van der Waals surface area (Å²) in [7, 11) is 1.70. The van der Waals surface area contributed by atoms with Crippen molar-refractivity contribution in [2.75, 3.05) is 26.8 Å². The highest BCUT2D eigenvalue weighted by atomic mass is 16.5. The lowest BCUT2D eigenvalue weighted by atomic mass is 9.93. The molecule has 3 aromatic rings. The predicted octanol–water partition coefficient (Wildman–Crippen LogP) is 3.13. The first kappa shape index (κ1) is 16.7. The molecular weight excluding hydrogens is 326 g/mol. The topological polar surface area (TPSA) is 55.3 Å². The van der Waals surface area contributed by atoms with Crippen molar-refractivity contribution < 1.29 is 9.53 Å². The predicted molar refractivity (Wildman–Crippen MR) is 100.0 cm³/mol. The second-order valence-corrected chi connectivity index (χ2v) is 6.67. The Morgan fingerprint density at radius 3 is 2.73 bits per heavy atom. The molecule has 3 heterocycles. The lowest BCUT2D eigenvalue weighted by molar-refractivity contribution is 0.0772. The van der Waals surface area contributed by atoms with Crippen molar-refractivity contribution in [2.45, 2.75) is 5.92 Å². The maximum atomic E-state index is 13.2. The third kappa shape index (κ3) is 3.06. The minimum atomic E-state index is -0.0265. The molecule has 1 aliphatic heterocycles. The van der Waals surface area contributed by atoms with Crippen LogP contribution in [0, 0.1) is 5.92 Å². The summed E-state index contributed by atoms with van der Waals surface area (Å²) in [6.07, 6.45) is 3.50. The number of pyridine rings is 2. The molecule has 1 fully saturated rings. The van der Waals surface area contributed by atoms with E-state index in [0.29, 0.717) is 25.4 Å². The molecule has 5 nitrogen and oxygen atoms in total. The van der Waals surface area contributed by atoms with Gasteiger partial charge in [-0.1, -0.05) is 30.3 Å². The van der Waals surface area contributed by atoms with Gasteiger partial charge in [0.15, 0.2) is 0 Å². The lowest BCUT2D eigenvalue weighted by Gasteiger charge is -2.17. The molecule has 0 unspecified atom stereocenters. The second-order valence-electron chi connectivity index (χ2n) is 6.67. The first-order valence-electron chi connectivity index (χ1n) is 8.81. The summed E-state index contributed by atoms with van der Waals surface area (Å²) in [6.45, 7) is 1.89. The first-order chi connectivity index (χ1) is 12.8. The smallest absolute Gasteiger partial charge is 0.273 e. The Morgan fingerprint density at radius 2 is 1.92 bits per heavy atom. The summed E-state index contributed by atoms with van der Waals surface area (Å²) in [4.78, 5) is 24.0. The molecule has 0 N–H and O–H groups in total. The molecule has 1 aliphatic rings. The van der Waals surface area contributed by atoms with E-state index in [9.17, 15) is 4.79 Å². The van der Waals surface area contributed by atoms with E-state index < -0.39 is 0 Å². The minimum absolute atomic E-state index is 0.0265. The molecule has 2 atom stereocenters. The van der Waals surface area contributed by atoms with Crippen molar-refractivity contribution in [1.82, 2.24) is 14.9 Å². The van der Waals surface area contributed by atoms with Crippen LogP contribution in [0.4, 0.5) is 0 Å². The van der Waals surface area contributed by atoms with Crippen LogP contribution in [-0.4, -0.2) is 47.6 Å². The number of likely N-dealkylation sites (tertiary alicyclic amines) is 1. The van der Waals surface area contributed by atoms with Crippen LogP contribution in [0.1, 0.15) is 22.1 Å². The summed E-state index contributed by atoms with van der Waals surface area (Å²) in [5.74, 6) is 0.380. The van der Waals surface area contributed by atoms with Crippen LogP contribution in [0.3, 0.4) is 0 Å². The Bertz CT molecular complexity index is 908. The molecule has 1 saturated heterocycles. The Morgan fingerprint density at radius 1 is 1.08 bits per heavy atom. The number of rotatable bonds is 4. The Hall–Kier alpha value is -2.79. The quantitative estimate of drug-likeness (QED) is 0.728. The highest BCUT2D eigenvalue weighted by molar-refractivity contribution is 6.05. The minimum Gasteiger partial charge on any atom is -0.384 e. The molecule has 0 saturated carbocycles. The van der Waals surface area contributed by atoms with Gasteiger partial charge in [-0.3, -0.25) is 14.8 Å². The van der Waals surface area contributed by atoms with Crippen LogP contribution in [-0.2, 0) is 4.74 Å². The number of benzene rings is 1. The van der Waals surface area contributed by atoms with Crippen molar-refractivity contribution in [3.8, 4) is 0 Å². The monoisotopic (exact) mass is 347 g/mol. The zero-order valence-electron chi connectivity index (χ0n) is 14.7. The molecule has 2 aromatic heterocycles. The van der Waals surface area contributed by atoms with Crippen molar-refractivity contribution >= 4 is 16.7 Å². The number of nitrogens with zero attached hydrogens (tertiary/aromatic N) is 3. The Labute approximate surface area is 152 Å². The number of aromatic nitrogens is 2. The van der Waals surface area contributed by atoms with Crippen LogP contribution in [0.5, 0.6) is 0 Å². The van der Waals surface area contributed by atoms with Gasteiger partial charge in [0.2, 0.25) is 0 Å². The largest absolute Gasteiger partial charge is 0.384 e. The van der Waals surface area contributed by atoms with E-state index in [2.05, 4.69) is 9.97 Å². The van der Waals surface area contributed by atoms with Gasteiger partial charge in [0.25, 0.3) is 5.91 Å². The van der Waals surface area contributed by atoms with Crippen LogP contribution in [0.15, 0.2) is 60.9 Å². The van der Waals surface area contributed by atoms with Crippen LogP contribution >= 0.6 is 0 Å². The van der Waals surface area contributed by atoms with Gasteiger partial charge in [-0.2, -0.15) is 0 Å². The number of hydrogen-bond acceptors (Lipinski definition) is 4. The highest BCUT2D eigenvalue weighted by Gasteiger charge is 2.37. The average Bonchev–Trinajstić information content (AvgIpc) is 3.12. The van der Waals surface area contributed by atoms with E-state index >= 15 is 0 Å². The van der Waals surface area contributed by atoms with E-state index in [4.69, 9.17) is 4.74 Å².